The zero-order chi connectivity index (χ0) is 12.5. The van der Waals surface area contributed by atoms with E-state index in [1.807, 2.05) is 0 Å². The van der Waals surface area contributed by atoms with Gasteiger partial charge < -0.3 is 4.42 Å². The van der Waals surface area contributed by atoms with Crippen LogP contribution in [0.4, 0.5) is 4.39 Å². The van der Waals surface area contributed by atoms with Crippen LogP contribution in [0.25, 0.3) is 11.5 Å². The molecule has 0 radical (unpaired) electrons. The second kappa shape index (κ2) is 4.80. The first-order chi connectivity index (χ1) is 8.75. The van der Waals surface area contributed by atoms with Crippen molar-refractivity contribution in [2.45, 2.75) is 31.6 Å². The summed E-state index contributed by atoms with van der Waals surface area (Å²) in [5.74, 6) is 1.11. The van der Waals surface area contributed by atoms with Crippen molar-refractivity contribution in [2.75, 3.05) is 0 Å². The van der Waals surface area contributed by atoms with Crippen molar-refractivity contribution in [1.29, 1.82) is 0 Å². The number of rotatable bonds is 2. The minimum absolute atomic E-state index is 0.326. The predicted octanol–water partition coefficient (Wildman–Crippen LogP) is 4.30. The van der Waals surface area contributed by atoms with Crippen LogP contribution in [-0.4, -0.2) is 10.2 Å². The quantitative estimate of drug-likeness (QED) is 0.830. The zero-order valence-electron chi connectivity index (χ0n) is 9.70. The van der Waals surface area contributed by atoms with E-state index in [2.05, 4.69) is 26.1 Å². The summed E-state index contributed by atoms with van der Waals surface area (Å²) in [6.07, 6.45) is 4.63. The maximum absolute atomic E-state index is 13.4. The molecule has 1 aromatic carbocycles. The first-order valence-corrected chi connectivity index (χ1v) is 6.83. The van der Waals surface area contributed by atoms with Crippen LogP contribution in [0.5, 0.6) is 0 Å². The lowest BCUT2D eigenvalue weighted by molar-refractivity contribution is 0.457. The fourth-order valence-electron chi connectivity index (χ4n) is 2.35. The van der Waals surface area contributed by atoms with Crippen molar-refractivity contribution in [3.8, 4) is 11.5 Å². The summed E-state index contributed by atoms with van der Waals surface area (Å²) < 4.78 is 19.5. The number of hydrogen-bond acceptors (Lipinski definition) is 3. The Balaban J connectivity index is 1.95. The van der Waals surface area contributed by atoms with E-state index in [0.717, 1.165) is 12.8 Å². The minimum Gasteiger partial charge on any atom is -0.420 e. The smallest absolute Gasteiger partial charge is 0.248 e. The first kappa shape index (κ1) is 11.8. The molecule has 0 atom stereocenters. The number of hydrogen-bond donors (Lipinski definition) is 0. The predicted molar refractivity (Wildman–Crippen MR) is 68.6 cm³/mol. The van der Waals surface area contributed by atoms with Crippen molar-refractivity contribution in [1.82, 2.24) is 10.2 Å². The van der Waals surface area contributed by atoms with Crippen molar-refractivity contribution in [3.05, 3.63) is 34.4 Å². The highest BCUT2D eigenvalue weighted by Crippen LogP contribution is 2.35. The fraction of sp³-hybridized carbons (Fsp3) is 0.385. The summed E-state index contributed by atoms with van der Waals surface area (Å²) in [5, 5.41) is 8.11. The van der Waals surface area contributed by atoms with Crippen LogP contribution in [0, 0.1) is 5.82 Å². The van der Waals surface area contributed by atoms with Gasteiger partial charge in [0.25, 0.3) is 0 Å². The van der Waals surface area contributed by atoms with Gasteiger partial charge in [0.15, 0.2) is 0 Å². The van der Waals surface area contributed by atoms with Crippen molar-refractivity contribution in [3.63, 3.8) is 0 Å². The summed E-state index contributed by atoms with van der Waals surface area (Å²) in [7, 11) is 0. The van der Waals surface area contributed by atoms with E-state index in [4.69, 9.17) is 4.42 Å². The summed E-state index contributed by atoms with van der Waals surface area (Å²) in [6.45, 7) is 0. The van der Waals surface area contributed by atoms with Crippen LogP contribution in [0.3, 0.4) is 0 Å². The molecule has 1 saturated carbocycles. The molecule has 94 valence electrons. The Kier molecular flexibility index (Phi) is 3.16. The summed E-state index contributed by atoms with van der Waals surface area (Å²) >= 11 is 3.21. The van der Waals surface area contributed by atoms with Crippen molar-refractivity contribution >= 4 is 15.9 Å². The Morgan fingerprint density at radius 3 is 2.78 bits per heavy atom. The molecule has 0 unspecified atom stereocenters. The average molecular weight is 311 g/mol. The number of aromatic nitrogens is 2. The van der Waals surface area contributed by atoms with Gasteiger partial charge in [-0.25, -0.2) is 4.39 Å². The van der Waals surface area contributed by atoms with E-state index in [0.29, 0.717) is 27.7 Å². The van der Waals surface area contributed by atoms with Gasteiger partial charge in [-0.15, -0.1) is 10.2 Å². The Morgan fingerprint density at radius 2 is 2.00 bits per heavy atom. The van der Waals surface area contributed by atoms with Gasteiger partial charge in [-0.3, -0.25) is 0 Å². The highest BCUT2D eigenvalue weighted by molar-refractivity contribution is 9.10. The average Bonchev–Trinajstić information content (AvgIpc) is 3.01. The Morgan fingerprint density at radius 1 is 1.22 bits per heavy atom. The van der Waals surface area contributed by atoms with E-state index in [9.17, 15) is 4.39 Å². The third-order valence-electron chi connectivity index (χ3n) is 3.33. The van der Waals surface area contributed by atoms with Crippen LogP contribution in [0.15, 0.2) is 27.1 Å². The van der Waals surface area contributed by atoms with E-state index < -0.39 is 0 Å². The van der Waals surface area contributed by atoms with Gasteiger partial charge in [0.2, 0.25) is 11.8 Å². The second-order valence-electron chi connectivity index (χ2n) is 4.53. The third kappa shape index (κ3) is 2.07. The molecule has 3 rings (SSSR count). The Hall–Kier alpha value is -1.23. The van der Waals surface area contributed by atoms with Crippen molar-refractivity contribution in [2.24, 2.45) is 0 Å². The third-order valence-corrected chi connectivity index (χ3v) is 4.13. The molecule has 1 aliphatic carbocycles. The lowest BCUT2D eigenvalue weighted by Crippen LogP contribution is -1.91. The topological polar surface area (TPSA) is 38.9 Å². The molecule has 1 fully saturated rings. The van der Waals surface area contributed by atoms with E-state index in [-0.39, 0.29) is 5.82 Å². The molecular weight excluding hydrogens is 299 g/mol. The van der Waals surface area contributed by atoms with Crippen LogP contribution < -0.4 is 0 Å². The molecule has 1 aliphatic rings. The van der Waals surface area contributed by atoms with Crippen LogP contribution >= 0.6 is 15.9 Å². The van der Waals surface area contributed by atoms with E-state index in [1.165, 1.54) is 18.9 Å². The van der Waals surface area contributed by atoms with Crippen molar-refractivity contribution < 1.29 is 8.81 Å². The normalized spacial score (nSPS) is 16.3. The lowest BCUT2D eigenvalue weighted by Gasteiger charge is -2.02. The monoisotopic (exact) mass is 310 g/mol. The molecule has 0 amide bonds. The fourth-order valence-corrected chi connectivity index (χ4v) is 2.78. The molecule has 18 heavy (non-hydrogen) atoms. The van der Waals surface area contributed by atoms with Crippen LogP contribution in [0.1, 0.15) is 37.5 Å². The molecule has 0 N–H and O–H groups in total. The summed E-state index contributed by atoms with van der Waals surface area (Å²) in [5.41, 5.74) is 0.603. The minimum atomic E-state index is -0.326. The van der Waals surface area contributed by atoms with Gasteiger partial charge in [0.05, 0.1) is 10.0 Å². The van der Waals surface area contributed by atoms with Crippen LogP contribution in [0.2, 0.25) is 0 Å². The number of nitrogens with zero attached hydrogens (tertiary/aromatic N) is 2. The van der Waals surface area contributed by atoms with Gasteiger partial charge in [-0.2, -0.15) is 0 Å². The lowest BCUT2D eigenvalue weighted by atomic mass is 10.1. The van der Waals surface area contributed by atoms with Gasteiger partial charge in [-0.1, -0.05) is 18.9 Å². The number of benzene rings is 1. The zero-order valence-corrected chi connectivity index (χ0v) is 11.3. The molecule has 3 nitrogen and oxygen atoms in total. The molecule has 1 heterocycles. The molecule has 0 saturated heterocycles. The van der Waals surface area contributed by atoms with Gasteiger partial charge in [-0.05, 0) is 40.9 Å². The molecule has 2 aromatic rings. The molecule has 0 aliphatic heterocycles. The molecule has 0 spiro atoms. The number of halogens is 2. The largest absolute Gasteiger partial charge is 0.420 e. The van der Waals surface area contributed by atoms with E-state index >= 15 is 0 Å². The van der Waals surface area contributed by atoms with Crippen LogP contribution in [-0.2, 0) is 0 Å². The SMILES string of the molecule is Fc1cccc(-c2nnc(C3CCCC3)o2)c1Br. The standard InChI is InChI=1S/C13H12BrFN2O/c14-11-9(6-3-7-10(11)15)13-17-16-12(18-13)8-4-1-2-5-8/h3,6-8H,1-2,4-5H2. The molecule has 5 heteroatoms. The maximum Gasteiger partial charge on any atom is 0.248 e. The Bertz CT molecular complexity index is 564. The summed E-state index contributed by atoms with van der Waals surface area (Å²) in [4.78, 5) is 0. The maximum atomic E-state index is 13.4. The molecule has 1 aromatic heterocycles. The second-order valence-corrected chi connectivity index (χ2v) is 5.32. The van der Waals surface area contributed by atoms with Gasteiger partial charge >= 0.3 is 0 Å². The first-order valence-electron chi connectivity index (χ1n) is 6.03. The highest BCUT2D eigenvalue weighted by Gasteiger charge is 2.23. The highest BCUT2D eigenvalue weighted by atomic mass is 79.9. The molecule has 0 bridgehead atoms. The van der Waals surface area contributed by atoms with Gasteiger partial charge in [0.1, 0.15) is 5.82 Å². The Labute approximate surface area is 113 Å². The van der Waals surface area contributed by atoms with Gasteiger partial charge in [0, 0.05) is 5.92 Å². The summed E-state index contributed by atoms with van der Waals surface area (Å²) in [6, 6.07) is 4.79. The van der Waals surface area contributed by atoms with E-state index in [1.54, 1.807) is 12.1 Å². The molecular formula is C13H12BrFN2O.